The molecule has 32 heavy (non-hydrogen) atoms. The van der Waals surface area contributed by atoms with E-state index in [4.69, 9.17) is 9.47 Å². The molecule has 4 aromatic rings. The van der Waals surface area contributed by atoms with Crippen LogP contribution in [0.25, 0.3) is 21.2 Å². The third kappa shape index (κ3) is 4.86. The summed E-state index contributed by atoms with van der Waals surface area (Å²) in [5.74, 6) is 1.53. The summed E-state index contributed by atoms with van der Waals surface area (Å²) < 4.78 is 12.9. The molecular weight excluding hydrogens is 416 g/mol. The highest BCUT2D eigenvalue weighted by molar-refractivity contribution is 7.21. The third-order valence-electron chi connectivity index (χ3n) is 4.92. The van der Waals surface area contributed by atoms with Crippen molar-refractivity contribution in [2.24, 2.45) is 0 Å². The predicted octanol–water partition coefficient (Wildman–Crippen LogP) is 7.77. The lowest BCUT2D eigenvalue weighted by molar-refractivity contribution is 0.103. The fraction of sp³-hybridized carbons (Fsp3) is 0.250. The molecule has 0 atom stereocenters. The second-order valence-electron chi connectivity index (χ2n) is 8.75. The van der Waals surface area contributed by atoms with E-state index < -0.39 is 0 Å². The fourth-order valence-electron chi connectivity index (χ4n) is 3.62. The summed E-state index contributed by atoms with van der Waals surface area (Å²) >= 11 is 1.52. The Hall–Kier alpha value is -3.11. The Morgan fingerprint density at radius 2 is 1.69 bits per heavy atom. The van der Waals surface area contributed by atoms with E-state index in [1.807, 2.05) is 75.4 Å². The van der Waals surface area contributed by atoms with Crippen LogP contribution in [0.15, 0.2) is 72.8 Å². The Kier molecular flexibility index (Phi) is 6.33. The molecule has 1 heterocycles. The first kappa shape index (κ1) is 22.1. The van der Waals surface area contributed by atoms with E-state index in [1.54, 1.807) is 0 Å². The smallest absolute Gasteiger partial charge is 0.203 e. The van der Waals surface area contributed by atoms with Crippen LogP contribution < -0.4 is 9.47 Å². The van der Waals surface area contributed by atoms with Crippen LogP contribution in [0, 0.1) is 0 Å². The lowest BCUT2D eigenvalue weighted by Gasteiger charge is -2.21. The SMILES string of the molecule is CCCOc1ccc2c(-c3ccccc3)c(C(=O)c3cccc(OC(C)(C)C)c3)sc2c1. The van der Waals surface area contributed by atoms with Crippen molar-refractivity contribution in [3.8, 4) is 22.6 Å². The van der Waals surface area contributed by atoms with Gasteiger partial charge in [-0.2, -0.15) is 0 Å². The van der Waals surface area contributed by atoms with Crippen molar-refractivity contribution < 1.29 is 14.3 Å². The first-order valence-electron chi connectivity index (χ1n) is 10.9. The number of thiophene rings is 1. The summed E-state index contributed by atoms with van der Waals surface area (Å²) in [6.07, 6.45) is 0.953. The van der Waals surface area contributed by atoms with Gasteiger partial charge in [-0.25, -0.2) is 0 Å². The van der Waals surface area contributed by atoms with Crippen LogP contribution in [-0.2, 0) is 0 Å². The lowest BCUT2D eigenvalue weighted by atomic mass is 9.98. The van der Waals surface area contributed by atoms with Gasteiger partial charge in [0.1, 0.15) is 17.1 Å². The van der Waals surface area contributed by atoms with Crippen LogP contribution in [0.3, 0.4) is 0 Å². The molecule has 164 valence electrons. The molecule has 0 radical (unpaired) electrons. The number of carbonyl (C=O) groups is 1. The quantitative estimate of drug-likeness (QED) is 0.273. The van der Waals surface area contributed by atoms with Crippen molar-refractivity contribution in [2.75, 3.05) is 6.61 Å². The molecular formula is C28H28O3S. The third-order valence-corrected chi connectivity index (χ3v) is 6.07. The number of rotatable bonds is 7. The average molecular weight is 445 g/mol. The molecule has 0 bridgehead atoms. The zero-order chi connectivity index (χ0) is 22.7. The molecule has 3 aromatic carbocycles. The van der Waals surface area contributed by atoms with Crippen LogP contribution >= 0.6 is 11.3 Å². The molecule has 0 saturated heterocycles. The minimum Gasteiger partial charge on any atom is -0.494 e. The van der Waals surface area contributed by atoms with Gasteiger partial charge in [-0.05, 0) is 63.1 Å². The van der Waals surface area contributed by atoms with Crippen molar-refractivity contribution in [2.45, 2.75) is 39.7 Å². The molecule has 0 amide bonds. The van der Waals surface area contributed by atoms with E-state index >= 15 is 0 Å². The molecule has 0 aliphatic heterocycles. The van der Waals surface area contributed by atoms with Gasteiger partial charge >= 0.3 is 0 Å². The molecule has 1 aromatic heterocycles. The maximum absolute atomic E-state index is 13.7. The van der Waals surface area contributed by atoms with E-state index in [0.717, 1.165) is 38.3 Å². The van der Waals surface area contributed by atoms with Gasteiger partial charge in [-0.15, -0.1) is 11.3 Å². The maximum atomic E-state index is 13.7. The second kappa shape index (κ2) is 9.17. The van der Waals surface area contributed by atoms with Crippen molar-refractivity contribution in [1.82, 2.24) is 0 Å². The summed E-state index contributed by atoms with van der Waals surface area (Å²) in [4.78, 5) is 14.4. The highest BCUT2D eigenvalue weighted by Crippen LogP contribution is 2.41. The lowest BCUT2D eigenvalue weighted by Crippen LogP contribution is -2.23. The number of carbonyl (C=O) groups excluding carboxylic acids is 1. The van der Waals surface area contributed by atoms with Gasteiger partial charge in [0, 0.05) is 21.2 Å². The van der Waals surface area contributed by atoms with Gasteiger partial charge in [-0.3, -0.25) is 4.79 Å². The molecule has 0 aliphatic rings. The molecule has 0 spiro atoms. The Labute approximate surface area is 193 Å². The number of fused-ring (bicyclic) bond motifs is 1. The maximum Gasteiger partial charge on any atom is 0.203 e. The minimum absolute atomic E-state index is 0.000406. The summed E-state index contributed by atoms with van der Waals surface area (Å²) in [6, 6.07) is 23.7. The molecule has 0 aliphatic carbocycles. The molecule has 0 unspecified atom stereocenters. The molecule has 4 heteroatoms. The van der Waals surface area contributed by atoms with Crippen LogP contribution in [0.2, 0.25) is 0 Å². The summed E-state index contributed by atoms with van der Waals surface area (Å²) in [5.41, 5.74) is 2.30. The Morgan fingerprint density at radius 3 is 2.41 bits per heavy atom. The van der Waals surface area contributed by atoms with Crippen molar-refractivity contribution in [1.29, 1.82) is 0 Å². The number of ketones is 1. The van der Waals surface area contributed by atoms with Gasteiger partial charge in [0.05, 0.1) is 11.5 Å². The van der Waals surface area contributed by atoms with Crippen LogP contribution in [0.4, 0.5) is 0 Å². The summed E-state index contributed by atoms with van der Waals surface area (Å²) in [5, 5.41) is 1.07. The average Bonchev–Trinajstić information content (AvgIpc) is 3.15. The monoisotopic (exact) mass is 444 g/mol. The molecule has 0 fully saturated rings. The van der Waals surface area contributed by atoms with E-state index in [2.05, 4.69) is 25.1 Å². The molecule has 3 nitrogen and oxygen atoms in total. The zero-order valence-corrected chi connectivity index (χ0v) is 19.8. The van der Waals surface area contributed by atoms with Gasteiger partial charge in [0.15, 0.2) is 0 Å². The Bertz CT molecular complexity index is 1230. The molecule has 4 rings (SSSR count). The van der Waals surface area contributed by atoms with Crippen LogP contribution in [-0.4, -0.2) is 18.0 Å². The fourth-order valence-corrected chi connectivity index (χ4v) is 4.84. The predicted molar refractivity (Wildman–Crippen MR) is 133 cm³/mol. The molecule has 0 saturated carbocycles. The van der Waals surface area contributed by atoms with Crippen LogP contribution in [0.5, 0.6) is 11.5 Å². The van der Waals surface area contributed by atoms with Crippen molar-refractivity contribution in [3.63, 3.8) is 0 Å². The van der Waals surface area contributed by atoms with E-state index in [-0.39, 0.29) is 11.4 Å². The van der Waals surface area contributed by atoms with E-state index in [1.165, 1.54) is 11.3 Å². The minimum atomic E-state index is -0.330. The number of hydrogen-bond acceptors (Lipinski definition) is 4. The van der Waals surface area contributed by atoms with Gasteiger partial charge in [0.2, 0.25) is 5.78 Å². The largest absolute Gasteiger partial charge is 0.494 e. The van der Waals surface area contributed by atoms with Gasteiger partial charge < -0.3 is 9.47 Å². The van der Waals surface area contributed by atoms with E-state index in [0.29, 0.717) is 17.9 Å². The number of ether oxygens (including phenoxy) is 2. The highest BCUT2D eigenvalue weighted by atomic mass is 32.1. The summed E-state index contributed by atoms with van der Waals surface area (Å²) in [6.45, 7) is 8.76. The number of benzene rings is 3. The Balaban J connectivity index is 1.82. The standard InChI is InChI=1S/C28H28O3S/c1-5-16-30-21-14-15-23-24(18-21)32-27(25(23)19-10-7-6-8-11-19)26(29)20-12-9-13-22(17-20)31-28(2,3)4/h6-15,17-18H,5,16H2,1-4H3. The van der Waals surface area contributed by atoms with Crippen molar-refractivity contribution >= 4 is 27.2 Å². The van der Waals surface area contributed by atoms with Gasteiger partial charge in [-0.1, -0.05) is 49.4 Å². The first-order valence-corrected chi connectivity index (χ1v) is 11.8. The van der Waals surface area contributed by atoms with E-state index in [9.17, 15) is 4.79 Å². The number of hydrogen-bond donors (Lipinski definition) is 0. The highest BCUT2D eigenvalue weighted by Gasteiger charge is 2.22. The Morgan fingerprint density at radius 1 is 0.906 bits per heavy atom. The normalized spacial score (nSPS) is 11.5. The van der Waals surface area contributed by atoms with Crippen molar-refractivity contribution in [3.05, 3.63) is 83.2 Å². The second-order valence-corrected chi connectivity index (χ2v) is 9.80. The topological polar surface area (TPSA) is 35.5 Å². The first-order chi connectivity index (χ1) is 15.4. The van der Waals surface area contributed by atoms with Crippen LogP contribution in [0.1, 0.15) is 49.4 Å². The zero-order valence-electron chi connectivity index (χ0n) is 19.0. The molecule has 0 N–H and O–H groups in total. The van der Waals surface area contributed by atoms with Gasteiger partial charge in [0.25, 0.3) is 0 Å². The summed E-state index contributed by atoms with van der Waals surface area (Å²) in [7, 11) is 0.